The lowest BCUT2D eigenvalue weighted by atomic mass is 9.82. The van der Waals surface area contributed by atoms with E-state index in [0.29, 0.717) is 13.2 Å². The standard InChI is InChI=1S/C20H30N4O3Si/c1-28(2,3)11-10-27-14-24-8-4-15-17(21-13-22-18(15)24)23-9-5-16(19(25)26)20(12-23)6-7-20/h4,8,13,16H,5-7,9-12,14H2,1-3H3,(H,25,26)/t16-/m1/s1. The molecule has 0 radical (unpaired) electrons. The van der Waals surface area contributed by atoms with Crippen LogP contribution < -0.4 is 4.90 Å². The van der Waals surface area contributed by atoms with Gasteiger partial charge in [-0.25, -0.2) is 9.97 Å². The highest BCUT2D eigenvalue weighted by Gasteiger charge is 2.55. The molecular weight excluding hydrogens is 372 g/mol. The molecule has 2 aromatic heterocycles. The number of hydrogen-bond acceptors (Lipinski definition) is 5. The zero-order valence-electron chi connectivity index (χ0n) is 17.0. The van der Waals surface area contributed by atoms with Gasteiger partial charge in [0, 0.05) is 39.4 Å². The molecule has 2 fully saturated rings. The van der Waals surface area contributed by atoms with Crippen LogP contribution >= 0.6 is 0 Å². The molecule has 0 unspecified atom stereocenters. The molecular formula is C20H30N4O3Si. The van der Waals surface area contributed by atoms with Crippen LogP contribution in [0.1, 0.15) is 19.3 Å². The second-order valence-corrected chi connectivity index (χ2v) is 15.2. The van der Waals surface area contributed by atoms with E-state index in [9.17, 15) is 9.90 Å². The van der Waals surface area contributed by atoms with Gasteiger partial charge in [-0.05, 0) is 31.4 Å². The first-order valence-electron chi connectivity index (χ1n) is 10.1. The summed E-state index contributed by atoms with van der Waals surface area (Å²) in [6.07, 6.45) is 6.30. The largest absolute Gasteiger partial charge is 0.481 e. The van der Waals surface area contributed by atoms with Crippen LogP contribution in [-0.4, -0.2) is 53.4 Å². The number of rotatable bonds is 7. The number of nitrogens with zero attached hydrogens (tertiary/aromatic N) is 4. The Morgan fingerprint density at radius 1 is 1.36 bits per heavy atom. The predicted octanol–water partition coefficient (Wildman–Crippen LogP) is 3.43. The number of carbonyl (C=O) groups is 1. The van der Waals surface area contributed by atoms with Gasteiger partial charge < -0.3 is 19.3 Å². The highest BCUT2D eigenvalue weighted by Crippen LogP contribution is 2.56. The zero-order valence-corrected chi connectivity index (χ0v) is 18.0. The fourth-order valence-electron chi connectivity index (χ4n) is 4.28. The lowest BCUT2D eigenvalue weighted by molar-refractivity contribution is -0.144. The summed E-state index contributed by atoms with van der Waals surface area (Å²) >= 11 is 0. The van der Waals surface area contributed by atoms with Crippen molar-refractivity contribution in [1.82, 2.24) is 14.5 Å². The molecule has 0 aromatic carbocycles. The Bertz CT molecular complexity index is 872. The van der Waals surface area contributed by atoms with Gasteiger partial charge in [-0.3, -0.25) is 4.79 Å². The van der Waals surface area contributed by atoms with E-state index < -0.39 is 14.0 Å². The predicted molar refractivity (Wildman–Crippen MR) is 111 cm³/mol. The summed E-state index contributed by atoms with van der Waals surface area (Å²) in [5, 5.41) is 10.6. The third kappa shape index (κ3) is 3.80. The van der Waals surface area contributed by atoms with Crippen LogP contribution in [0.25, 0.3) is 11.0 Å². The van der Waals surface area contributed by atoms with Gasteiger partial charge >= 0.3 is 5.97 Å². The number of piperidine rings is 1. The number of anilines is 1. The Morgan fingerprint density at radius 3 is 2.82 bits per heavy atom. The van der Waals surface area contributed by atoms with Crippen molar-refractivity contribution in [2.45, 2.75) is 51.7 Å². The van der Waals surface area contributed by atoms with Gasteiger partial charge in [0.25, 0.3) is 0 Å². The van der Waals surface area contributed by atoms with Crippen molar-refractivity contribution in [2.75, 3.05) is 24.6 Å². The van der Waals surface area contributed by atoms with Crippen LogP contribution in [0.2, 0.25) is 25.7 Å². The van der Waals surface area contributed by atoms with Crippen LogP contribution in [0.3, 0.4) is 0 Å². The molecule has 1 aliphatic heterocycles. The summed E-state index contributed by atoms with van der Waals surface area (Å²) in [4.78, 5) is 22.9. The van der Waals surface area contributed by atoms with Gasteiger partial charge in [0.2, 0.25) is 0 Å². The number of hydrogen-bond donors (Lipinski definition) is 1. The number of aliphatic carboxylic acids is 1. The number of fused-ring (bicyclic) bond motifs is 1. The monoisotopic (exact) mass is 402 g/mol. The summed E-state index contributed by atoms with van der Waals surface area (Å²) in [7, 11) is -1.09. The Hall–Kier alpha value is -1.93. The highest BCUT2D eigenvalue weighted by molar-refractivity contribution is 6.76. The van der Waals surface area contributed by atoms with Gasteiger partial charge in [-0.2, -0.15) is 0 Å². The number of aromatic nitrogens is 3. The average Bonchev–Trinajstić information content (AvgIpc) is 3.25. The number of carboxylic acids is 1. The molecule has 0 bridgehead atoms. The molecule has 28 heavy (non-hydrogen) atoms. The van der Waals surface area contributed by atoms with E-state index in [4.69, 9.17) is 4.74 Å². The molecule has 1 saturated carbocycles. The highest BCUT2D eigenvalue weighted by atomic mass is 28.3. The zero-order chi connectivity index (χ0) is 19.9. The molecule has 1 spiro atoms. The first-order chi connectivity index (χ1) is 13.3. The second-order valence-electron chi connectivity index (χ2n) is 9.53. The van der Waals surface area contributed by atoms with E-state index in [2.05, 4.69) is 40.6 Å². The quantitative estimate of drug-likeness (QED) is 0.564. The van der Waals surface area contributed by atoms with Crippen LogP contribution in [0.15, 0.2) is 18.6 Å². The van der Waals surface area contributed by atoms with Crippen molar-refractivity contribution in [1.29, 1.82) is 0 Å². The SMILES string of the molecule is C[Si](C)(C)CCOCn1ccc2c(N3CC[C@H](C(=O)O)C4(CC4)C3)ncnc21. The number of carboxylic acid groups (broad SMARTS) is 1. The minimum Gasteiger partial charge on any atom is -0.481 e. The van der Waals surface area contributed by atoms with Crippen molar-refractivity contribution >= 4 is 30.9 Å². The Labute approximate surface area is 166 Å². The van der Waals surface area contributed by atoms with Gasteiger partial charge in [0.1, 0.15) is 24.5 Å². The number of ether oxygens (including phenoxy) is 1. The third-order valence-electron chi connectivity index (χ3n) is 6.18. The van der Waals surface area contributed by atoms with E-state index in [1.54, 1.807) is 6.33 Å². The van der Waals surface area contributed by atoms with Gasteiger partial charge in [0.15, 0.2) is 0 Å². The van der Waals surface area contributed by atoms with Crippen LogP contribution in [0, 0.1) is 11.3 Å². The lowest BCUT2D eigenvalue weighted by Gasteiger charge is -2.38. The fraction of sp³-hybridized carbons (Fsp3) is 0.650. The molecule has 1 aliphatic carbocycles. The van der Waals surface area contributed by atoms with Crippen molar-refractivity contribution in [3.8, 4) is 0 Å². The third-order valence-corrected chi connectivity index (χ3v) is 7.89. The first kappa shape index (κ1) is 19.4. The second kappa shape index (κ2) is 7.15. The topological polar surface area (TPSA) is 80.5 Å². The van der Waals surface area contributed by atoms with E-state index >= 15 is 0 Å². The maximum Gasteiger partial charge on any atom is 0.307 e. The molecule has 2 aliphatic rings. The van der Waals surface area contributed by atoms with E-state index in [-0.39, 0.29) is 11.3 Å². The maximum absolute atomic E-state index is 11.6. The molecule has 4 rings (SSSR count). The molecule has 0 amide bonds. The van der Waals surface area contributed by atoms with Crippen LogP contribution in [0.4, 0.5) is 5.82 Å². The molecule has 1 atom stereocenters. The van der Waals surface area contributed by atoms with Crippen molar-refractivity contribution in [3.05, 3.63) is 18.6 Å². The van der Waals surface area contributed by atoms with Crippen molar-refractivity contribution in [3.63, 3.8) is 0 Å². The minimum absolute atomic E-state index is 0.0656. The molecule has 7 nitrogen and oxygen atoms in total. The Morgan fingerprint density at radius 2 is 2.14 bits per heavy atom. The smallest absolute Gasteiger partial charge is 0.307 e. The summed E-state index contributed by atoms with van der Waals surface area (Å²) < 4.78 is 7.92. The van der Waals surface area contributed by atoms with Crippen molar-refractivity contribution < 1.29 is 14.6 Å². The molecule has 152 valence electrons. The van der Waals surface area contributed by atoms with Crippen LogP contribution in [0.5, 0.6) is 0 Å². The van der Waals surface area contributed by atoms with Gasteiger partial charge in [-0.15, -0.1) is 0 Å². The van der Waals surface area contributed by atoms with Crippen molar-refractivity contribution in [2.24, 2.45) is 11.3 Å². The van der Waals surface area contributed by atoms with Gasteiger partial charge in [0.05, 0.1) is 11.3 Å². The Kier molecular flexibility index (Phi) is 4.95. The average molecular weight is 403 g/mol. The maximum atomic E-state index is 11.6. The van der Waals surface area contributed by atoms with E-state index in [0.717, 1.165) is 55.4 Å². The normalized spacial score (nSPS) is 21.4. The van der Waals surface area contributed by atoms with E-state index in [1.807, 2.05) is 10.8 Å². The summed E-state index contributed by atoms with van der Waals surface area (Å²) in [6.45, 7) is 9.81. The molecule has 8 heteroatoms. The molecule has 3 heterocycles. The summed E-state index contributed by atoms with van der Waals surface area (Å²) in [5.41, 5.74) is 0.812. The summed E-state index contributed by atoms with van der Waals surface area (Å²) in [5.74, 6) is 0.0537. The van der Waals surface area contributed by atoms with Gasteiger partial charge in [-0.1, -0.05) is 19.6 Å². The minimum atomic E-state index is -1.09. The Balaban J connectivity index is 1.49. The summed E-state index contributed by atoms with van der Waals surface area (Å²) in [6, 6.07) is 3.20. The fourth-order valence-corrected chi connectivity index (χ4v) is 5.04. The molecule has 1 N–H and O–H groups in total. The molecule has 1 saturated heterocycles. The molecule has 2 aromatic rings. The lowest BCUT2D eigenvalue weighted by Crippen LogP contribution is -2.45. The van der Waals surface area contributed by atoms with Crippen LogP contribution in [-0.2, 0) is 16.3 Å². The first-order valence-corrected chi connectivity index (χ1v) is 13.9. The van der Waals surface area contributed by atoms with E-state index in [1.165, 1.54) is 0 Å².